The van der Waals surface area contributed by atoms with E-state index in [1.165, 1.54) is 12.1 Å². The molecule has 0 aromatic heterocycles. The number of hydrogen-bond donors (Lipinski definition) is 2. The van der Waals surface area contributed by atoms with E-state index in [1.807, 2.05) is 6.92 Å². The molecule has 18 heavy (non-hydrogen) atoms. The normalized spacial score (nSPS) is 11.4. The summed E-state index contributed by atoms with van der Waals surface area (Å²) in [5.74, 6) is -0.627. The fraction of sp³-hybridized carbons (Fsp3) is 0.417. The topological polar surface area (TPSA) is 89.3 Å². The summed E-state index contributed by atoms with van der Waals surface area (Å²) in [6.45, 7) is 4.07. The average Bonchev–Trinajstić information content (AvgIpc) is 2.29. The zero-order chi connectivity index (χ0) is 13.8. The highest BCUT2D eigenvalue weighted by Gasteiger charge is 2.16. The maximum atomic E-state index is 11.9. The van der Waals surface area contributed by atoms with Gasteiger partial charge < -0.3 is 5.73 Å². The van der Waals surface area contributed by atoms with Gasteiger partial charge in [0.1, 0.15) is 0 Å². The van der Waals surface area contributed by atoms with Gasteiger partial charge in [0.2, 0.25) is 15.9 Å². The molecule has 0 fully saturated rings. The Balaban J connectivity index is 3.02. The molecule has 5 nitrogen and oxygen atoms in total. The van der Waals surface area contributed by atoms with Crippen molar-refractivity contribution in [1.82, 2.24) is 4.72 Å². The summed E-state index contributed by atoms with van der Waals surface area (Å²) >= 11 is 0. The van der Waals surface area contributed by atoms with E-state index in [0.29, 0.717) is 12.1 Å². The lowest BCUT2D eigenvalue weighted by Crippen LogP contribution is -2.25. The standard InChI is InChI=1S/C12H18N2O3S/c1-3-4-7-14-18(16,17)10-6-5-9(2)11(8-10)12(13)15/h5-6,8,14H,3-4,7H2,1-2H3,(H2,13,15). The molecule has 0 aliphatic carbocycles. The third-order valence-electron chi connectivity index (χ3n) is 2.61. The molecular weight excluding hydrogens is 252 g/mol. The van der Waals surface area contributed by atoms with Crippen molar-refractivity contribution in [2.24, 2.45) is 5.73 Å². The van der Waals surface area contributed by atoms with E-state index in [1.54, 1.807) is 13.0 Å². The van der Waals surface area contributed by atoms with Gasteiger partial charge in [-0.25, -0.2) is 13.1 Å². The third-order valence-corrected chi connectivity index (χ3v) is 4.07. The van der Waals surface area contributed by atoms with Crippen LogP contribution >= 0.6 is 0 Å². The fourth-order valence-electron chi connectivity index (χ4n) is 1.50. The molecule has 1 aromatic carbocycles. The smallest absolute Gasteiger partial charge is 0.249 e. The Labute approximate surface area is 107 Å². The van der Waals surface area contributed by atoms with Crippen molar-refractivity contribution in [3.8, 4) is 0 Å². The third kappa shape index (κ3) is 3.54. The number of amides is 1. The molecule has 0 aliphatic rings. The molecule has 0 aliphatic heterocycles. The largest absolute Gasteiger partial charge is 0.366 e. The van der Waals surface area contributed by atoms with E-state index in [-0.39, 0.29) is 10.5 Å². The molecule has 0 atom stereocenters. The maximum Gasteiger partial charge on any atom is 0.249 e. The van der Waals surface area contributed by atoms with E-state index in [9.17, 15) is 13.2 Å². The lowest BCUT2D eigenvalue weighted by molar-refractivity contribution is 0.0999. The van der Waals surface area contributed by atoms with E-state index in [2.05, 4.69) is 4.72 Å². The first-order valence-corrected chi connectivity index (χ1v) is 7.27. The van der Waals surface area contributed by atoms with Gasteiger partial charge in [0.25, 0.3) is 0 Å². The average molecular weight is 270 g/mol. The molecule has 0 radical (unpaired) electrons. The number of sulfonamides is 1. The van der Waals surface area contributed by atoms with Crippen LogP contribution in [0.25, 0.3) is 0 Å². The molecule has 3 N–H and O–H groups in total. The molecule has 1 amide bonds. The quantitative estimate of drug-likeness (QED) is 0.760. The van der Waals surface area contributed by atoms with Crippen LogP contribution in [0.4, 0.5) is 0 Å². The molecule has 0 heterocycles. The predicted molar refractivity (Wildman–Crippen MR) is 69.8 cm³/mol. The van der Waals surface area contributed by atoms with Gasteiger partial charge in [0.05, 0.1) is 4.90 Å². The van der Waals surface area contributed by atoms with E-state index in [0.717, 1.165) is 12.8 Å². The summed E-state index contributed by atoms with van der Waals surface area (Å²) in [5.41, 5.74) is 6.09. The van der Waals surface area contributed by atoms with Crippen molar-refractivity contribution in [2.75, 3.05) is 6.54 Å². The van der Waals surface area contributed by atoms with Crippen molar-refractivity contribution in [2.45, 2.75) is 31.6 Å². The van der Waals surface area contributed by atoms with Crippen LogP contribution in [-0.2, 0) is 10.0 Å². The van der Waals surface area contributed by atoms with Crippen LogP contribution in [0, 0.1) is 6.92 Å². The number of hydrogen-bond acceptors (Lipinski definition) is 3. The lowest BCUT2D eigenvalue weighted by atomic mass is 10.1. The summed E-state index contributed by atoms with van der Waals surface area (Å²) in [7, 11) is -3.56. The van der Waals surface area contributed by atoms with Crippen molar-refractivity contribution >= 4 is 15.9 Å². The van der Waals surface area contributed by atoms with Crippen LogP contribution in [0.15, 0.2) is 23.1 Å². The summed E-state index contributed by atoms with van der Waals surface area (Å²) < 4.78 is 26.3. The Bertz CT molecular complexity index is 538. The Morgan fingerprint density at radius 3 is 2.61 bits per heavy atom. The Morgan fingerprint density at radius 2 is 2.06 bits per heavy atom. The second kappa shape index (κ2) is 5.97. The number of rotatable bonds is 6. The van der Waals surface area contributed by atoms with Gasteiger partial charge in [-0.15, -0.1) is 0 Å². The fourth-order valence-corrected chi connectivity index (χ4v) is 2.60. The van der Waals surface area contributed by atoms with Gasteiger partial charge in [0.15, 0.2) is 0 Å². The summed E-state index contributed by atoms with van der Waals surface area (Å²) in [5, 5.41) is 0. The number of aryl methyl sites for hydroxylation is 1. The molecule has 0 unspecified atom stereocenters. The summed E-state index contributed by atoms with van der Waals surface area (Å²) in [6.07, 6.45) is 1.68. The van der Waals surface area contributed by atoms with Gasteiger partial charge in [-0.2, -0.15) is 0 Å². The molecule has 100 valence electrons. The number of unbranched alkanes of at least 4 members (excludes halogenated alkanes) is 1. The van der Waals surface area contributed by atoms with Crippen LogP contribution < -0.4 is 10.5 Å². The predicted octanol–water partition coefficient (Wildman–Crippen LogP) is 1.17. The molecule has 0 saturated carbocycles. The summed E-state index contributed by atoms with van der Waals surface area (Å²) in [4.78, 5) is 11.2. The Hall–Kier alpha value is -1.40. The minimum absolute atomic E-state index is 0.0676. The van der Waals surface area contributed by atoms with Gasteiger partial charge in [-0.1, -0.05) is 19.4 Å². The highest BCUT2D eigenvalue weighted by atomic mass is 32.2. The Morgan fingerprint density at radius 1 is 1.39 bits per heavy atom. The minimum atomic E-state index is -3.56. The van der Waals surface area contributed by atoms with Crippen LogP contribution in [-0.4, -0.2) is 20.9 Å². The van der Waals surface area contributed by atoms with E-state index < -0.39 is 15.9 Å². The minimum Gasteiger partial charge on any atom is -0.366 e. The first-order chi connectivity index (χ1) is 8.38. The summed E-state index contributed by atoms with van der Waals surface area (Å²) in [6, 6.07) is 4.36. The first-order valence-electron chi connectivity index (χ1n) is 5.78. The highest BCUT2D eigenvalue weighted by Crippen LogP contribution is 2.15. The van der Waals surface area contributed by atoms with Crippen molar-refractivity contribution in [3.05, 3.63) is 29.3 Å². The molecule has 1 rings (SSSR count). The number of nitrogens with one attached hydrogen (secondary N) is 1. The monoisotopic (exact) mass is 270 g/mol. The second-order valence-electron chi connectivity index (χ2n) is 4.09. The maximum absolute atomic E-state index is 11.9. The second-order valence-corrected chi connectivity index (χ2v) is 5.86. The van der Waals surface area contributed by atoms with Gasteiger partial charge in [-0.3, -0.25) is 4.79 Å². The number of nitrogens with two attached hydrogens (primary N) is 1. The van der Waals surface area contributed by atoms with Crippen molar-refractivity contribution in [3.63, 3.8) is 0 Å². The zero-order valence-corrected chi connectivity index (χ0v) is 11.4. The number of benzene rings is 1. The van der Waals surface area contributed by atoms with E-state index >= 15 is 0 Å². The number of carbonyl (C=O) groups excluding carboxylic acids is 1. The molecule has 1 aromatic rings. The molecule has 0 spiro atoms. The van der Waals surface area contributed by atoms with Crippen molar-refractivity contribution in [1.29, 1.82) is 0 Å². The van der Waals surface area contributed by atoms with Gasteiger partial charge in [0, 0.05) is 12.1 Å². The molecule has 0 saturated heterocycles. The number of primary amides is 1. The van der Waals surface area contributed by atoms with Crippen LogP contribution in [0.5, 0.6) is 0 Å². The molecule has 0 bridgehead atoms. The number of carbonyl (C=O) groups is 1. The van der Waals surface area contributed by atoms with Crippen LogP contribution in [0.3, 0.4) is 0 Å². The van der Waals surface area contributed by atoms with Crippen LogP contribution in [0.2, 0.25) is 0 Å². The van der Waals surface area contributed by atoms with E-state index in [4.69, 9.17) is 5.73 Å². The Kier molecular flexibility index (Phi) is 4.86. The zero-order valence-electron chi connectivity index (χ0n) is 10.6. The van der Waals surface area contributed by atoms with Crippen molar-refractivity contribution < 1.29 is 13.2 Å². The molecule has 6 heteroatoms. The van der Waals surface area contributed by atoms with Gasteiger partial charge in [-0.05, 0) is 31.0 Å². The molecular formula is C12H18N2O3S. The van der Waals surface area contributed by atoms with Gasteiger partial charge >= 0.3 is 0 Å². The lowest BCUT2D eigenvalue weighted by Gasteiger charge is -2.08. The SMILES string of the molecule is CCCCNS(=O)(=O)c1ccc(C)c(C(N)=O)c1. The first kappa shape index (κ1) is 14.7. The van der Waals surface area contributed by atoms with Crippen LogP contribution in [0.1, 0.15) is 35.7 Å². The highest BCUT2D eigenvalue weighted by molar-refractivity contribution is 7.89.